The van der Waals surface area contributed by atoms with E-state index in [0.717, 1.165) is 27.8 Å². The monoisotopic (exact) mass is 264 g/mol. The smallest absolute Gasteiger partial charge is 0.196 e. The summed E-state index contributed by atoms with van der Waals surface area (Å²) in [6.45, 7) is 8.09. The van der Waals surface area contributed by atoms with E-state index in [0.29, 0.717) is 22.5 Å². The van der Waals surface area contributed by atoms with Crippen LogP contribution in [0.3, 0.4) is 0 Å². The fourth-order valence-corrected chi connectivity index (χ4v) is 3.01. The van der Waals surface area contributed by atoms with Crippen molar-refractivity contribution < 1.29 is 4.79 Å². The molecule has 0 amide bonds. The zero-order valence-corrected chi connectivity index (χ0v) is 11.6. The minimum atomic E-state index is -0.0704. The van der Waals surface area contributed by atoms with E-state index in [-0.39, 0.29) is 5.78 Å². The van der Waals surface area contributed by atoms with Crippen LogP contribution >= 0.6 is 0 Å². The van der Waals surface area contributed by atoms with E-state index in [2.05, 4.69) is 6.58 Å². The van der Waals surface area contributed by atoms with Gasteiger partial charge in [0.25, 0.3) is 0 Å². The molecule has 20 heavy (non-hydrogen) atoms. The van der Waals surface area contributed by atoms with Crippen molar-refractivity contribution in [3.63, 3.8) is 0 Å². The Kier molecular flexibility index (Phi) is 2.48. The number of fused-ring (bicyclic) bond motifs is 2. The Bertz CT molecular complexity index is 788. The first kappa shape index (κ1) is 12.5. The van der Waals surface area contributed by atoms with Gasteiger partial charge in [0, 0.05) is 16.9 Å². The van der Waals surface area contributed by atoms with Crippen LogP contribution in [0.25, 0.3) is 5.57 Å². The zero-order chi connectivity index (χ0) is 14.6. The Balaban J connectivity index is 2.43. The molecule has 2 aromatic rings. The van der Waals surface area contributed by atoms with E-state index in [1.165, 1.54) is 0 Å². The highest BCUT2D eigenvalue weighted by molar-refractivity contribution is 6.22. The van der Waals surface area contributed by atoms with Gasteiger partial charge in [0.1, 0.15) is 0 Å². The lowest BCUT2D eigenvalue weighted by Crippen LogP contribution is -2.18. The highest BCUT2D eigenvalue weighted by Gasteiger charge is 2.30. The molecular weight excluding hydrogens is 248 g/mol. The van der Waals surface area contributed by atoms with Gasteiger partial charge in [-0.15, -0.1) is 0 Å². The fraction of sp³-hybridized carbons (Fsp3) is 0.118. The normalized spacial score (nSPS) is 13.1. The number of anilines is 2. The van der Waals surface area contributed by atoms with E-state index in [9.17, 15) is 4.79 Å². The summed E-state index contributed by atoms with van der Waals surface area (Å²) in [5, 5.41) is 0. The molecular formula is C17H16N2O. The van der Waals surface area contributed by atoms with Crippen LogP contribution in [0.15, 0.2) is 30.8 Å². The molecule has 0 aromatic heterocycles. The van der Waals surface area contributed by atoms with E-state index in [4.69, 9.17) is 11.5 Å². The van der Waals surface area contributed by atoms with Gasteiger partial charge in [-0.05, 0) is 59.9 Å². The number of aryl methyl sites for hydroxylation is 2. The average Bonchev–Trinajstić information content (AvgIpc) is 2.37. The number of nitrogens with two attached hydrogens (primary N) is 2. The van der Waals surface area contributed by atoms with Gasteiger partial charge in [0.2, 0.25) is 0 Å². The van der Waals surface area contributed by atoms with Crippen LogP contribution in [0, 0.1) is 13.8 Å². The Morgan fingerprint density at radius 1 is 0.950 bits per heavy atom. The van der Waals surface area contributed by atoms with E-state index in [1.54, 1.807) is 12.1 Å². The summed E-state index contributed by atoms with van der Waals surface area (Å²) < 4.78 is 0. The molecule has 0 fully saturated rings. The third kappa shape index (κ3) is 1.50. The van der Waals surface area contributed by atoms with Crippen molar-refractivity contribution in [2.45, 2.75) is 13.8 Å². The van der Waals surface area contributed by atoms with Crippen LogP contribution in [-0.2, 0) is 0 Å². The molecule has 0 spiro atoms. The Labute approximate surface area is 117 Å². The molecule has 3 heteroatoms. The molecule has 3 rings (SSSR count). The fourth-order valence-electron chi connectivity index (χ4n) is 3.01. The van der Waals surface area contributed by atoms with Crippen LogP contribution < -0.4 is 11.5 Å². The molecule has 0 heterocycles. The molecule has 0 unspecified atom stereocenters. The van der Waals surface area contributed by atoms with Gasteiger partial charge >= 0.3 is 0 Å². The first-order valence-corrected chi connectivity index (χ1v) is 6.45. The van der Waals surface area contributed by atoms with Crippen LogP contribution in [-0.4, -0.2) is 5.78 Å². The maximum absolute atomic E-state index is 12.8. The molecule has 3 nitrogen and oxygen atoms in total. The Morgan fingerprint density at radius 3 is 2.35 bits per heavy atom. The van der Waals surface area contributed by atoms with Crippen LogP contribution in [0.4, 0.5) is 11.4 Å². The predicted octanol–water partition coefficient (Wildman–Crippen LogP) is 3.07. The summed E-state index contributed by atoms with van der Waals surface area (Å²) >= 11 is 0. The van der Waals surface area contributed by atoms with Crippen LogP contribution in [0.5, 0.6) is 0 Å². The molecule has 4 N–H and O–H groups in total. The maximum atomic E-state index is 12.8. The third-order valence-electron chi connectivity index (χ3n) is 3.88. The number of hydrogen-bond donors (Lipinski definition) is 2. The summed E-state index contributed by atoms with van der Waals surface area (Å²) in [7, 11) is 0. The van der Waals surface area contributed by atoms with Gasteiger partial charge in [-0.1, -0.05) is 12.6 Å². The van der Waals surface area contributed by atoms with Crippen molar-refractivity contribution in [1.29, 1.82) is 0 Å². The molecule has 0 aliphatic heterocycles. The molecule has 100 valence electrons. The highest BCUT2D eigenvalue weighted by Crippen LogP contribution is 2.41. The SMILES string of the molecule is C=C1c2c(C)cc(N)cc2C(=O)c2c(N)ccc(C)c21. The lowest BCUT2D eigenvalue weighted by atomic mass is 9.77. The lowest BCUT2D eigenvalue weighted by molar-refractivity contribution is 0.103. The third-order valence-corrected chi connectivity index (χ3v) is 3.88. The van der Waals surface area contributed by atoms with E-state index < -0.39 is 0 Å². The molecule has 0 bridgehead atoms. The summed E-state index contributed by atoms with van der Waals surface area (Å²) in [6.07, 6.45) is 0. The second-order valence-corrected chi connectivity index (χ2v) is 5.29. The van der Waals surface area contributed by atoms with Crippen LogP contribution in [0.1, 0.15) is 38.2 Å². The maximum Gasteiger partial charge on any atom is 0.196 e. The number of rotatable bonds is 0. The molecule has 2 aromatic carbocycles. The number of benzene rings is 2. The minimum absolute atomic E-state index is 0.0704. The summed E-state index contributed by atoms with van der Waals surface area (Å²) in [5.41, 5.74) is 18.6. The molecule has 0 saturated heterocycles. The number of carbonyl (C=O) groups is 1. The van der Waals surface area contributed by atoms with Crippen molar-refractivity contribution in [2.24, 2.45) is 0 Å². The molecule has 0 saturated carbocycles. The molecule has 0 radical (unpaired) electrons. The van der Waals surface area contributed by atoms with Crippen molar-refractivity contribution in [1.82, 2.24) is 0 Å². The number of carbonyl (C=O) groups excluding carboxylic acids is 1. The van der Waals surface area contributed by atoms with Crippen molar-refractivity contribution in [2.75, 3.05) is 11.5 Å². The average molecular weight is 264 g/mol. The predicted molar refractivity (Wildman–Crippen MR) is 82.8 cm³/mol. The van der Waals surface area contributed by atoms with Gasteiger partial charge in [0.05, 0.1) is 5.56 Å². The Hall–Kier alpha value is -2.55. The van der Waals surface area contributed by atoms with E-state index in [1.807, 2.05) is 26.0 Å². The molecule has 1 aliphatic rings. The topological polar surface area (TPSA) is 69.1 Å². The second-order valence-electron chi connectivity index (χ2n) is 5.29. The minimum Gasteiger partial charge on any atom is -0.399 e. The first-order valence-electron chi connectivity index (χ1n) is 6.45. The number of hydrogen-bond acceptors (Lipinski definition) is 3. The van der Waals surface area contributed by atoms with E-state index >= 15 is 0 Å². The first-order chi connectivity index (χ1) is 9.41. The largest absolute Gasteiger partial charge is 0.399 e. The second kappa shape index (κ2) is 3.97. The molecule has 0 atom stereocenters. The van der Waals surface area contributed by atoms with Gasteiger partial charge in [0.15, 0.2) is 5.78 Å². The van der Waals surface area contributed by atoms with Gasteiger partial charge in [-0.2, -0.15) is 0 Å². The number of nitrogen functional groups attached to an aromatic ring is 2. The summed E-state index contributed by atoms with van der Waals surface area (Å²) in [6, 6.07) is 7.26. The lowest BCUT2D eigenvalue weighted by Gasteiger charge is -2.25. The Morgan fingerprint density at radius 2 is 1.65 bits per heavy atom. The highest BCUT2D eigenvalue weighted by atomic mass is 16.1. The quantitative estimate of drug-likeness (QED) is 0.613. The van der Waals surface area contributed by atoms with Crippen molar-refractivity contribution in [3.05, 3.63) is 64.2 Å². The molecule has 1 aliphatic carbocycles. The summed E-state index contributed by atoms with van der Waals surface area (Å²) in [4.78, 5) is 12.8. The number of ketones is 1. The van der Waals surface area contributed by atoms with Crippen LogP contribution in [0.2, 0.25) is 0 Å². The standard InChI is InChI=1S/C17H16N2O/c1-8-4-5-13(19)16-15(8)10(3)14-9(2)6-11(18)7-12(14)17(16)20/h4-7H,3,18-19H2,1-2H3. The zero-order valence-electron chi connectivity index (χ0n) is 11.6. The van der Waals surface area contributed by atoms with Gasteiger partial charge < -0.3 is 11.5 Å². The van der Waals surface area contributed by atoms with Gasteiger partial charge in [-0.25, -0.2) is 0 Å². The summed E-state index contributed by atoms with van der Waals surface area (Å²) in [5.74, 6) is -0.0704. The van der Waals surface area contributed by atoms with Crippen molar-refractivity contribution in [3.8, 4) is 0 Å². The van der Waals surface area contributed by atoms with Gasteiger partial charge in [-0.3, -0.25) is 4.79 Å². The van der Waals surface area contributed by atoms with Crippen molar-refractivity contribution >= 4 is 22.7 Å².